The first-order chi connectivity index (χ1) is 2.56. The van der Waals surface area contributed by atoms with Gasteiger partial charge in [-0.3, -0.25) is 0 Å². The van der Waals surface area contributed by atoms with Crippen molar-refractivity contribution in [2.75, 3.05) is 7.11 Å². The topological polar surface area (TPSA) is 208 Å². The zero-order valence-electron chi connectivity index (χ0n) is 6.08. The molecule has 0 heterocycles. The van der Waals surface area contributed by atoms with E-state index in [2.05, 4.69) is 4.52 Å². The summed E-state index contributed by atoms with van der Waals surface area (Å²) in [5.74, 6) is 0. The standard InChI is InChI=1S/CH5O4P.2H3N.2H2O/c1-5-6(2,3)4;;;;/h1H3,(H2,2,3,4);2*1H3;2*1H2. The van der Waals surface area contributed by atoms with E-state index < -0.39 is 7.82 Å². The van der Waals surface area contributed by atoms with E-state index in [0.717, 1.165) is 7.11 Å². The molecule has 0 aromatic carbocycles. The van der Waals surface area contributed by atoms with Gasteiger partial charge in [0.2, 0.25) is 0 Å². The molecule has 0 aliphatic carbocycles. The Kier molecular flexibility index (Phi) is 38.1. The number of quaternary nitrogens is 2. The lowest BCUT2D eigenvalue weighted by molar-refractivity contribution is -0.339. The molecule has 0 spiro atoms. The van der Waals surface area contributed by atoms with Gasteiger partial charge in [0, 0.05) is 7.11 Å². The summed E-state index contributed by atoms with van der Waals surface area (Å²) < 4.78 is 12.6. The van der Waals surface area contributed by atoms with E-state index in [4.69, 9.17) is 0 Å². The van der Waals surface area contributed by atoms with Crippen LogP contribution in [0.2, 0.25) is 0 Å². The quantitative estimate of drug-likeness (QED) is 0.423. The van der Waals surface area contributed by atoms with Gasteiger partial charge in [0.25, 0.3) is 0 Å². The van der Waals surface area contributed by atoms with Crippen LogP contribution in [0.5, 0.6) is 0 Å². The Morgan fingerprint density at radius 3 is 1.30 bits per heavy atom. The Labute approximate surface area is 58.2 Å². The van der Waals surface area contributed by atoms with E-state index in [0.29, 0.717) is 0 Å². The van der Waals surface area contributed by atoms with Crippen molar-refractivity contribution in [3.63, 3.8) is 0 Å². The summed E-state index contributed by atoms with van der Waals surface area (Å²) in [6, 6.07) is 0. The second kappa shape index (κ2) is 11.7. The van der Waals surface area contributed by atoms with Crippen molar-refractivity contribution < 1.29 is 29.8 Å². The maximum Gasteiger partial charge on any atom is 0.0592 e. The third-order valence-corrected chi connectivity index (χ3v) is 0.671. The number of phosphoric ester groups is 1. The lowest BCUT2D eigenvalue weighted by Crippen LogP contribution is -2.14. The number of rotatable bonds is 1. The summed E-state index contributed by atoms with van der Waals surface area (Å²) in [6.45, 7) is 0. The van der Waals surface area contributed by atoms with Gasteiger partial charge in [-0.2, -0.15) is 0 Å². The van der Waals surface area contributed by atoms with Gasteiger partial charge < -0.3 is 42.1 Å². The Bertz CT molecular complexity index is 79.8. The lowest BCUT2D eigenvalue weighted by atomic mass is 11.8. The molecule has 0 saturated heterocycles. The van der Waals surface area contributed by atoms with E-state index >= 15 is 0 Å². The summed E-state index contributed by atoms with van der Waals surface area (Å²) in [6.07, 6.45) is 0. The summed E-state index contributed by atoms with van der Waals surface area (Å²) in [5.41, 5.74) is 0. The fourth-order valence-corrected chi connectivity index (χ4v) is 0. The van der Waals surface area contributed by atoms with Crippen molar-refractivity contribution in [1.29, 1.82) is 0 Å². The molecule has 10 heavy (non-hydrogen) atoms. The predicted octanol–water partition coefficient (Wildman–Crippen LogP) is -2.44. The van der Waals surface area contributed by atoms with Gasteiger partial charge >= 0.3 is 0 Å². The van der Waals surface area contributed by atoms with Crippen molar-refractivity contribution in [1.82, 2.24) is 12.3 Å². The van der Waals surface area contributed by atoms with Crippen LogP contribution in [0.25, 0.3) is 0 Å². The molecular weight excluding hydrogens is 167 g/mol. The average molecular weight is 182 g/mol. The zero-order chi connectivity index (χ0) is 5.21. The molecule has 0 unspecified atom stereocenters. The molecule has 70 valence electrons. The van der Waals surface area contributed by atoms with Crippen LogP contribution in [-0.2, 0) is 9.09 Å². The first-order valence-corrected chi connectivity index (χ1v) is 2.60. The van der Waals surface area contributed by atoms with Gasteiger partial charge in [0.1, 0.15) is 0 Å². The summed E-state index contributed by atoms with van der Waals surface area (Å²) in [5, 5.41) is 0. The molecule has 0 aromatic heterocycles. The van der Waals surface area contributed by atoms with Crippen molar-refractivity contribution in [3.05, 3.63) is 0 Å². The minimum Gasteiger partial charge on any atom is -0.790 e. The fraction of sp³-hybridized carbons (Fsp3) is 1.00. The van der Waals surface area contributed by atoms with Gasteiger partial charge in [0.15, 0.2) is 0 Å². The van der Waals surface area contributed by atoms with Crippen molar-refractivity contribution in [3.8, 4) is 0 Å². The Hall–Kier alpha value is -0.0500. The van der Waals surface area contributed by atoms with E-state index in [1.807, 2.05) is 0 Å². The molecule has 8 nitrogen and oxygen atoms in total. The molecule has 0 atom stereocenters. The molecule has 0 radical (unpaired) electrons. The highest BCUT2D eigenvalue weighted by Gasteiger charge is 1.75. The largest absolute Gasteiger partial charge is 0.790 e. The maximum absolute atomic E-state index is 9.25. The van der Waals surface area contributed by atoms with Crippen LogP contribution in [0, 0.1) is 0 Å². The summed E-state index contributed by atoms with van der Waals surface area (Å²) in [4.78, 5) is 18.5. The van der Waals surface area contributed by atoms with Crippen LogP contribution in [0.3, 0.4) is 0 Å². The summed E-state index contributed by atoms with van der Waals surface area (Å²) in [7, 11) is -3.83. The van der Waals surface area contributed by atoms with Crippen LogP contribution < -0.4 is 22.1 Å². The first-order valence-electron chi connectivity index (χ1n) is 1.14. The normalized spacial score (nSPS) is 7.10. The molecule has 0 bridgehead atoms. The minimum absolute atomic E-state index is 0. The third kappa shape index (κ3) is 44.1. The van der Waals surface area contributed by atoms with Gasteiger partial charge in [-0.25, -0.2) is 0 Å². The number of phosphoric acid groups is 1. The van der Waals surface area contributed by atoms with Crippen molar-refractivity contribution in [2.24, 2.45) is 0 Å². The third-order valence-electron chi connectivity index (χ3n) is 0.224. The summed E-state index contributed by atoms with van der Waals surface area (Å²) >= 11 is 0. The highest BCUT2D eigenvalue weighted by atomic mass is 31.2. The van der Waals surface area contributed by atoms with E-state index in [9.17, 15) is 14.4 Å². The fourth-order valence-electron chi connectivity index (χ4n) is 0. The Balaban J connectivity index is -0.0000000208. The van der Waals surface area contributed by atoms with Gasteiger partial charge in [0.05, 0.1) is 7.82 Å². The zero-order valence-corrected chi connectivity index (χ0v) is 6.97. The highest BCUT2D eigenvalue weighted by Crippen LogP contribution is 2.21. The number of hydrogen-bond donors (Lipinski definition) is 2. The molecule has 0 aliphatic rings. The SMILES string of the molecule is COP(=O)([O-])[O-].O.O.[NH4+].[NH4+]. The van der Waals surface area contributed by atoms with E-state index in [-0.39, 0.29) is 23.3 Å². The highest BCUT2D eigenvalue weighted by molar-refractivity contribution is 7.43. The lowest BCUT2D eigenvalue weighted by Gasteiger charge is -2.25. The van der Waals surface area contributed by atoms with Crippen LogP contribution in [0.4, 0.5) is 0 Å². The molecule has 0 rings (SSSR count). The monoisotopic (exact) mass is 182 g/mol. The van der Waals surface area contributed by atoms with Gasteiger partial charge in [-0.05, 0) is 0 Å². The smallest absolute Gasteiger partial charge is 0.0592 e. The maximum atomic E-state index is 9.25. The molecule has 0 saturated carbocycles. The molecule has 0 amide bonds. The molecule has 0 aromatic rings. The van der Waals surface area contributed by atoms with Crippen LogP contribution in [0.15, 0.2) is 0 Å². The molecule has 0 fully saturated rings. The molecule has 0 aliphatic heterocycles. The minimum atomic E-state index is -4.65. The van der Waals surface area contributed by atoms with Gasteiger partial charge in [-0.15, -0.1) is 0 Å². The van der Waals surface area contributed by atoms with Crippen LogP contribution in [0.1, 0.15) is 0 Å². The predicted molar refractivity (Wildman–Crippen MR) is 33.8 cm³/mol. The first kappa shape index (κ1) is 32.5. The second-order valence-electron chi connectivity index (χ2n) is 0.630. The van der Waals surface area contributed by atoms with Gasteiger partial charge in [-0.1, -0.05) is 0 Å². The molecule has 9 heteroatoms. The van der Waals surface area contributed by atoms with Crippen LogP contribution in [-0.4, -0.2) is 18.1 Å². The van der Waals surface area contributed by atoms with Crippen molar-refractivity contribution >= 4 is 7.82 Å². The Morgan fingerprint density at radius 2 is 1.30 bits per heavy atom. The van der Waals surface area contributed by atoms with Crippen LogP contribution >= 0.6 is 7.82 Å². The van der Waals surface area contributed by atoms with Crippen molar-refractivity contribution in [2.45, 2.75) is 0 Å². The van der Waals surface area contributed by atoms with E-state index in [1.165, 1.54) is 0 Å². The average Bonchev–Trinajstić information content (AvgIpc) is 1.35. The Morgan fingerprint density at radius 1 is 1.20 bits per heavy atom. The molecular formula is CH15N2O6P. The second-order valence-corrected chi connectivity index (χ2v) is 1.89. The number of hydrogen-bond acceptors (Lipinski definition) is 4. The van der Waals surface area contributed by atoms with E-state index in [1.54, 1.807) is 0 Å². The molecule has 12 N–H and O–H groups in total.